The van der Waals surface area contributed by atoms with Crippen LogP contribution in [0.3, 0.4) is 0 Å². The lowest BCUT2D eigenvalue weighted by molar-refractivity contribution is 0.393. The first-order valence-corrected chi connectivity index (χ1v) is 9.95. The molecule has 122 valence electrons. The van der Waals surface area contributed by atoms with Crippen molar-refractivity contribution in [3.63, 3.8) is 0 Å². The summed E-state index contributed by atoms with van der Waals surface area (Å²) >= 11 is 0. The van der Waals surface area contributed by atoms with E-state index in [0.29, 0.717) is 6.54 Å². The summed E-state index contributed by atoms with van der Waals surface area (Å²) in [5.74, 6) is 0.880. The van der Waals surface area contributed by atoms with Crippen LogP contribution in [0.25, 0.3) is 0 Å². The number of hydrogen-bond donors (Lipinski definition) is 0. The van der Waals surface area contributed by atoms with Crippen LogP contribution in [0, 0.1) is 0 Å². The zero-order valence-corrected chi connectivity index (χ0v) is 13.9. The summed E-state index contributed by atoms with van der Waals surface area (Å²) in [7, 11) is -3.21. The highest BCUT2D eigenvalue weighted by Crippen LogP contribution is 2.36. The first kappa shape index (κ1) is 15.7. The van der Waals surface area contributed by atoms with E-state index < -0.39 is 10.0 Å². The van der Waals surface area contributed by atoms with Crippen LogP contribution in [0.4, 0.5) is 5.82 Å². The van der Waals surface area contributed by atoms with Crippen molar-refractivity contribution >= 4 is 15.8 Å². The fourth-order valence-electron chi connectivity index (χ4n) is 3.51. The summed E-state index contributed by atoms with van der Waals surface area (Å²) in [4.78, 5) is 11.4. The monoisotopic (exact) mass is 324 g/mol. The topological polar surface area (TPSA) is 66.4 Å². The van der Waals surface area contributed by atoms with Crippen LogP contribution in [-0.4, -0.2) is 48.6 Å². The summed E-state index contributed by atoms with van der Waals surface area (Å²) in [5.41, 5.74) is 0.826. The summed E-state index contributed by atoms with van der Waals surface area (Å²) in [5, 5.41) is 0. The van der Waals surface area contributed by atoms with Gasteiger partial charge < -0.3 is 4.90 Å². The molecule has 7 heteroatoms. The van der Waals surface area contributed by atoms with E-state index in [4.69, 9.17) is 0 Å². The number of nitrogens with zero attached hydrogens (tertiary/aromatic N) is 4. The minimum absolute atomic E-state index is 0.165. The first-order chi connectivity index (χ1) is 10.6. The fourth-order valence-corrected chi connectivity index (χ4v) is 4.64. The minimum Gasteiger partial charge on any atom is -0.355 e. The third-order valence-electron chi connectivity index (χ3n) is 4.56. The van der Waals surface area contributed by atoms with E-state index in [9.17, 15) is 8.42 Å². The van der Waals surface area contributed by atoms with E-state index in [1.165, 1.54) is 19.1 Å². The van der Waals surface area contributed by atoms with Gasteiger partial charge in [-0.1, -0.05) is 12.8 Å². The Morgan fingerprint density at radius 3 is 2.36 bits per heavy atom. The Bertz CT molecular complexity index is 612. The van der Waals surface area contributed by atoms with E-state index in [1.807, 2.05) is 0 Å². The van der Waals surface area contributed by atoms with Crippen molar-refractivity contribution in [2.45, 2.75) is 44.6 Å². The SMILES string of the molecule is CS(=O)(=O)N1CCC[C@H]1c1nccnc1N1CCCCCC1. The summed E-state index contributed by atoms with van der Waals surface area (Å²) < 4.78 is 25.6. The van der Waals surface area contributed by atoms with Crippen molar-refractivity contribution in [2.24, 2.45) is 0 Å². The predicted octanol–water partition coefficient (Wildman–Crippen LogP) is 1.95. The quantitative estimate of drug-likeness (QED) is 0.850. The summed E-state index contributed by atoms with van der Waals surface area (Å²) in [6.07, 6.45) is 11.2. The van der Waals surface area contributed by atoms with Gasteiger partial charge in [0, 0.05) is 32.0 Å². The highest BCUT2D eigenvalue weighted by atomic mass is 32.2. The fraction of sp³-hybridized carbons (Fsp3) is 0.733. The Kier molecular flexibility index (Phi) is 4.63. The molecule has 22 heavy (non-hydrogen) atoms. The van der Waals surface area contributed by atoms with Gasteiger partial charge in [0.15, 0.2) is 5.82 Å². The average Bonchev–Trinajstić information content (AvgIpc) is 2.84. The van der Waals surface area contributed by atoms with Crippen molar-refractivity contribution in [1.29, 1.82) is 0 Å². The molecular formula is C15H24N4O2S. The molecule has 1 aromatic rings. The van der Waals surface area contributed by atoms with Crippen molar-refractivity contribution in [2.75, 3.05) is 30.8 Å². The molecule has 1 atom stereocenters. The highest BCUT2D eigenvalue weighted by molar-refractivity contribution is 7.88. The van der Waals surface area contributed by atoms with Gasteiger partial charge in [-0.25, -0.2) is 13.4 Å². The van der Waals surface area contributed by atoms with Crippen LogP contribution >= 0.6 is 0 Å². The second-order valence-electron chi connectivity index (χ2n) is 6.20. The molecular weight excluding hydrogens is 300 g/mol. The Morgan fingerprint density at radius 1 is 1.00 bits per heavy atom. The molecule has 2 aliphatic heterocycles. The van der Waals surface area contributed by atoms with Gasteiger partial charge in [0.05, 0.1) is 12.3 Å². The lowest BCUT2D eigenvalue weighted by atomic mass is 10.1. The molecule has 3 rings (SSSR count). The molecule has 2 fully saturated rings. The zero-order chi connectivity index (χ0) is 15.6. The molecule has 0 radical (unpaired) electrons. The zero-order valence-electron chi connectivity index (χ0n) is 13.1. The number of hydrogen-bond acceptors (Lipinski definition) is 5. The maximum Gasteiger partial charge on any atom is 0.211 e. The highest BCUT2D eigenvalue weighted by Gasteiger charge is 2.36. The second kappa shape index (κ2) is 6.50. The Balaban J connectivity index is 1.93. The van der Waals surface area contributed by atoms with E-state index in [-0.39, 0.29) is 6.04 Å². The third kappa shape index (κ3) is 3.25. The maximum atomic E-state index is 12.0. The van der Waals surface area contributed by atoms with Gasteiger partial charge in [0.25, 0.3) is 0 Å². The Labute approximate surface area is 132 Å². The molecule has 6 nitrogen and oxygen atoms in total. The number of aromatic nitrogens is 2. The van der Waals surface area contributed by atoms with Gasteiger partial charge in [-0.15, -0.1) is 0 Å². The summed E-state index contributed by atoms with van der Waals surface area (Å²) in [6, 6.07) is -0.165. The molecule has 2 saturated heterocycles. The molecule has 0 saturated carbocycles. The van der Waals surface area contributed by atoms with E-state index in [2.05, 4.69) is 14.9 Å². The van der Waals surface area contributed by atoms with Crippen LogP contribution in [0.2, 0.25) is 0 Å². The van der Waals surface area contributed by atoms with E-state index >= 15 is 0 Å². The normalized spacial score (nSPS) is 24.4. The van der Waals surface area contributed by atoms with Crippen LogP contribution in [0.1, 0.15) is 50.3 Å². The van der Waals surface area contributed by atoms with Gasteiger partial charge in [-0.05, 0) is 25.7 Å². The molecule has 0 amide bonds. The largest absolute Gasteiger partial charge is 0.355 e. The molecule has 3 heterocycles. The molecule has 0 spiro atoms. The standard InChI is InChI=1S/C15H24N4O2S/c1-22(20,21)19-12-6-7-13(19)14-15(17-9-8-16-14)18-10-4-2-3-5-11-18/h8-9,13H,2-7,10-12H2,1H3/t13-/m0/s1. The molecule has 0 unspecified atom stereocenters. The lowest BCUT2D eigenvalue weighted by Gasteiger charge is -2.28. The third-order valence-corrected chi connectivity index (χ3v) is 5.85. The molecule has 2 aliphatic rings. The van der Waals surface area contributed by atoms with Gasteiger partial charge in [0.1, 0.15) is 5.69 Å². The average molecular weight is 324 g/mol. The number of rotatable bonds is 3. The van der Waals surface area contributed by atoms with Gasteiger partial charge >= 0.3 is 0 Å². The number of sulfonamides is 1. The van der Waals surface area contributed by atoms with Gasteiger partial charge in [-0.2, -0.15) is 4.31 Å². The summed E-state index contributed by atoms with van der Waals surface area (Å²) in [6.45, 7) is 2.55. The number of anilines is 1. The van der Waals surface area contributed by atoms with Crippen LogP contribution in [0.15, 0.2) is 12.4 Å². The molecule has 0 bridgehead atoms. The maximum absolute atomic E-state index is 12.0. The van der Waals surface area contributed by atoms with Crippen LogP contribution in [-0.2, 0) is 10.0 Å². The van der Waals surface area contributed by atoms with Crippen LogP contribution < -0.4 is 4.90 Å². The van der Waals surface area contributed by atoms with Crippen molar-refractivity contribution in [3.05, 3.63) is 18.1 Å². The van der Waals surface area contributed by atoms with Crippen LogP contribution in [0.5, 0.6) is 0 Å². The molecule has 0 aliphatic carbocycles. The van der Waals surface area contributed by atoms with E-state index in [0.717, 1.165) is 50.3 Å². The Morgan fingerprint density at radius 2 is 1.68 bits per heavy atom. The van der Waals surface area contributed by atoms with Gasteiger partial charge in [0.2, 0.25) is 10.0 Å². The second-order valence-corrected chi connectivity index (χ2v) is 8.13. The smallest absolute Gasteiger partial charge is 0.211 e. The van der Waals surface area contributed by atoms with Crippen molar-refractivity contribution < 1.29 is 8.42 Å². The van der Waals surface area contributed by atoms with Gasteiger partial charge in [-0.3, -0.25) is 4.98 Å². The molecule has 0 aromatic carbocycles. The lowest BCUT2D eigenvalue weighted by Crippen LogP contribution is -2.33. The minimum atomic E-state index is -3.21. The predicted molar refractivity (Wildman–Crippen MR) is 86.2 cm³/mol. The van der Waals surface area contributed by atoms with Crippen molar-refractivity contribution in [3.8, 4) is 0 Å². The molecule has 0 N–H and O–H groups in total. The first-order valence-electron chi connectivity index (χ1n) is 8.10. The molecule has 1 aromatic heterocycles. The van der Waals surface area contributed by atoms with E-state index in [1.54, 1.807) is 16.7 Å². The Hall–Kier alpha value is -1.21. The van der Waals surface area contributed by atoms with Crippen molar-refractivity contribution in [1.82, 2.24) is 14.3 Å².